The van der Waals surface area contributed by atoms with Crippen molar-refractivity contribution in [3.8, 4) is 0 Å². The average Bonchev–Trinajstić information content (AvgIpc) is 3.45. The first-order chi connectivity index (χ1) is 39.0. The molecule has 0 fully saturated rings. The molecule has 0 aliphatic rings. The van der Waals surface area contributed by atoms with E-state index in [0.717, 1.165) is 51.4 Å². The fourth-order valence-corrected chi connectivity index (χ4v) is 11.2. The molecule has 1 amide bonds. The second-order valence-corrected chi connectivity index (χ2v) is 24.6. The Morgan fingerprint density at radius 1 is 0.354 bits per heavy atom. The molecule has 3 N–H and O–H groups in total. The number of aliphatic hydroxyl groups is 2. The number of carbonyl (C=O) groups excluding carboxylic acids is 2. The van der Waals surface area contributed by atoms with E-state index in [1.165, 1.54) is 315 Å². The van der Waals surface area contributed by atoms with Gasteiger partial charge in [0.05, 0.1) is 25.4 Å². The summed E-state index contributed by atoms with van der Waals surface area (Å²) >= 11 is 0. The van der Waals surface area contributed by atoms with Gasteiger partial charge in [-0.05, 0) is 64.2 Å². The predicted molar refractivity (Wildman–Crippen MR) is 347 cm³/mol. The Balaban J connectivity index is 3.38. The van der Waals surface area contributed by atoms with Crippen LogP contribution >= 0.6 is 0 Å². The summed E-state index contributed by atoms with van der Waals surface area (Å²) in [5.41, 5.74) is 0. The van der Waals surface area contributed by atoms with Gasteiger partial charge in [0.1, 0.15) is 0 Å². The largest absolute Gasteiger partial charge is 0.466 e. The normalized spacial score (nSPS) is 12.7. The summed E-state index contributed by atoms with van der Waals surface area (Å²) in [6.45, 7) is 4.91. The van der Waals surface area contributed by atoms with Crippen molar-refractivity contribution in [3.63, 3.8) is 0 Å². The van der Waals surface area contributed by atoms with E-state index in [9.17, 15) is 19.8 Å². The van der Waals surface area contributed by atoms with Crippen LogP contribution in [0.25, 0.3) is 0 Å². The van der Waals surface area contributed by atoms with Crippen molar-refractivity contribution >= 4 is 11.9 Å². The van der Waals surface area contributed by atoms with Gasteiger partial charge in [-0.1, -0.05) is 352 Å². The first-order valence-corrected chi connectivity index (χ1v) is 35.8. The number of hydrogen-bond donors (Lipinski definition) is 3. The van der Waals surface area contributed by atoms with Gasteiger partial charge in [-0.2, -0.15) is 0 Å². The maximum Gasteiger partial charge on any atom is 0.305 e. The summed E-state index contributed by atoms with van der Waals surface area (Å²) in [7, 11) is 0. The molecule has 0 aromatic carbocycles. The number of carbonyl (C=O) groups is 2. The molecule has 0 spiro atoms. The fourth-order valence-electron chi connectivity index (χ4n) is 11.2. The van der Waals surface area contributed by atoms with Crippen molar-refractivity contribution in [2.75, 3.05) is 13.2 Å². The molecular formula is C73H139NO5. The minimum absolute atomic E-state index is 0.0118. The molecule has 0 heterocycles. The maximum atomic E-state index is 12.5. The Labute approximate surface area is 494 Å². The van der Waals surface area contributed by atoms with Crippen molar-refractivity contribution in [2.45, 2.75) is 405 Å². The van der Waals surface area contributed by atoms with E-state index in [-0.39, 0.29) is 18.5 Å². The SMILES string of the molecule is CCCCC/C=C\C/C=C\CCCCCCCCCCCC(=O)OCCCCCCCCCCCCCCCCCCCCCCCCCCC(=O)NC(CO)C(O)/C=C/CCCCCCCCCCCCCCCCCCC. The number of rotatable bonds is 67. The van der Waals surface area contributed by atoms with Gasteiger partial charge in [-0.25, -0.2) is 0 Å². The lowest BCUT2D eigenvalue weighted by Crippen LogP contribution is -2.45. The Morgan fingerprint density at radius 2 is 0.633 bits per heavy atom. The third-order valence-electron chi connectivity index (χ3n) is 16.7. The molecule has 2 atom stereocenters. The number of allylic oxidation sites excluding steroid dienone is 5. The molecule has 0 rings (SSSR count). The maximum absolute atomic E-state index is 12.5. The molecule has 0 aromatic heterocycles. The molecule has 0 bridgehead atoms. The van der Waals surface area contributed by atoms with E-state index in [1.54, 1.807) is 6.08 Å². The highest BCUT2D eigenvalue weighted by Crippen LogP contribution is 2.19. The zero-order valence-corrected chi connectivity index (χ0v) is 53.4. The molecule has 0 saturated heterocycles. The van der Waals surface area contributed by atoms with Gasteiger partial charge in [0.2, 0.25) is 5.91 Å². The monoisotopic (exact) mass is 1110 g/mol. The van der Waals surface area contributed by atoms with E-state index < -0.39 is 12.1 Å². The van der Waals surface area contributed by atoms with Gasteiger partial charge in [0.15, 0.2) is 0 Å². The van der Waals surface area contributed by atoms with Crippen molar-refractivity contribution in [3.05, 3.63) is 36.5 Å². The highest BCUT2D eigenvalue weighted by Gasteiger charge is 2.18. The second kappa shape index (κ2) is 68.6. The molecule has 0 aromatic rings. The summed E-state index contributed by atoms with van der Waals surface area (Å²) in [6, 6.07) is -0.628. The third-order valence-corrected chi connectivity index (χ3v) is 16.7. The molecule has 0 aliphatic carbocycles. The quantitative estimate of drug-likeness (QED) is 0.0320. The summed E-state index contributed by atoms with van der Waals surface area (Å²) in [4.78, 5) is 24.6. The highest BCUT2D eigenvalue weighted by molar-refractivity contribution is 5.76. The number of aliphatic hydroxyl groups excluding tert-OH is 2. The van der Waals surface area contributed by atoms with Crippen molar-refractivity contribution in [2.24, 2.45) is 0 Å². The van der Waals surface area contributed by atoms with Crippen LogP contribution in [0.1, 0.15) is 393 Å². The lowest BCUT2D eigenvalue weighted by Gasteiger charge is -2.20. The van der Waals surface area contributed by atoms with Gasteiger partial charge in [-0.3, -0.25) is 9.59 Å². The number of unbranched alkanes of at least 4 members (excludes halogenated alkanes) is 52. The fraction of sp³-hybridized carbons (Fsp3) is 0.890. The van der Waals surface area contributed by atoms with E-state index in [1.807, 2.05) is 6.08 Å². The summed E-state index contributed by atoms with van der Waals surface area (Å²) in [6.07, 6.45) is 87.9. The van der Waals surface area contributed by atoms with Gasteiger partial charge in [0.25, 0.3) is 0 Å². The number of nitrogens with one attached hydrogen (secondary N) is 1. The molecule has 466 valence electrons. The van der Waals surface area contributed by atoms with E-state index in [2.05, 4.69) is 43.5 Å². The van der Waals surface area contributed by atoms with Crippen LogP contribution in [0.5, 0.6) is 0 Å². The number of esters is 1. The Bertz CT molecular complexity index is 1280. The van der Waals surface area contributed by atoms with Crippen molar-refractivity contribution in [1.29, 1.82) is 0 Å². The van der Waals surface area contributed by atoms with Crippen LogP contribution in [-0.2, 0) is 14.3 Å². The van der Waals surface area contributed by atoms with Crippen LogP contribution in [0.2, 0.25) is 0 Å². The molecule has 6 nitrogen and oxygen atoms in total. The Morgan fingerprint density at radius 3 is 0.987 bits per heavy atom. The summed E-state index contributed by atoms with van der Waals surface area (Å²) < 4.78 is 5.51. The van der Waals surface area contributed by atoms with Crippen LogP contribution < -0.4 is 5.32 Å². The lowest BCUT2D eigenvalue weighted by atomic mass is 10.0. The molecule has 2 unspecified atom stereocenters. The molecule has 79 heavy (non-hydrogen) atoms. The topological polar surface area (TPSA) is 95.9 Å². The van der Waals surface area contributed by atoms with Crippen LogP contribution in [0.15, 0.2) is 36.5 Å². The van der Waals surface area contributed by atoms with E-state index >= 15 is 0 Å². The average molecular weight is 1110 g/mol. The van der Waals surface area contributed by atoms with Gasteiger partial charge in [-0.15, -0.1) is 0 Å². The van der Waals surface area contributed by atoms with Crippen molar-refractivity contribution in [1.82, 2.24) is 5.32 Å². The van der Waals surface area contributed by atoms with Crippen molar-refractivity contribution < 1.29 is 24.5 Å². The smallest absolute Gasteiger partial charge is 0.305 e. The van der Waals surface area contributed by atoms with Crippen LogP contribution in [0, 0.1) is 0 Å². The molecule has 0 aliphatic heterocycles. The van der Waals surface area contributed by atoms with Gasteiger partial charge >= 0.3 is 5.97 Å². The zero-order chi connectivity index (χ0) is 57.1. The summed E-state index contributed by atoms with van der Waals surface area (Å²) in [5, 5.41) is 23.2. The highest BCUT2D eigenvalue weighted by atomic mass is 16.5. The van der Waals surface area contributed by atoms with E-state index in [4.69, 9.17) is 4.74 Å². The van der Waals surface area contributed by atoms with E-state index in [0.29, 0.717) is 19.4 Å². The molecular weight excluding hydrogens is 971 g/mol. The number of amides is 1. The zero-order valence-electron chi connectivity index (χ0n) is 53.4. The lowest BCUT2D eigenvalue weighted by molar-refractivity contribution is -0.143. The van der Waals surface area contributed by atoms with Gasteiger partial charge < -0.3 is 20.3 Å². The Hall–Kier alpha value is -1.92. The standard InChI is InChI=1S/C73H139NO5/c1-3-5-7-9-11-13-15-17-19-21-29-33-37-41-45-49-53-57-61-65-71(76)70(69-75)74-72(77)66-62-58-54-50-46-42-38-34-31-27-25-23-24-26-28-32-36-40-44-48-52-56-60-64-68-79-73(78)67-63-59-55-51-47-43-39-35-30-22-20-18-16-14-12-10-8-6-4-2/h12,14,18,20,61,65,70-71,75-76H,3-11,13,15-17,19,21-60,62-64,66-69H2,1-2H3,(H,74,77)/b14-12-,20-18-,65-61+. The minimum Gasteiger partial charge on any atom is -0.466 e. The second-order valence-electron chi connectivity index (χ2n) is 24.6. The molecule has 0 radical (unpaired) electrons. The third kappa shape index (κ3) is 65.1. The summed E-state index contributed by atoms with van der Waals surface area (Å²) in [5.74, 6) is -0.0517. The number of hydrogen-bond acceptors (Lipinski definition) is 5. The van der Waals surface area contributed by atoms with Gasteiger partial charge in [0, 0.05) is 12.8 Å². The number of ether oxygens (including phenoxy) is 1. The van der Waals surface area contributed by atoms with Crippen LogP contribution in [0.4, 0.5) is 0 Å². The van der Waals surface area contributed by atoms with Crippen LogP contribution in [-0.4, -0.2) is 47.4 Å². The predicted octanol–water partition coefficient (Wildman–Crippen LogP) is 23.1. The first-order valence-electron chi connectivity index (χ1n) is 35.8. The molecule has 0 saturated carbocycles. The molecule has 6 heteroatoms. The van der Waals surface area contributed by atoms with Crippen LogP contribution in [0.3, 0.4) is 0 Å². The Kier molecular flexibility index (Phi) is 66.9. The minimum atomic E-state index is -0.845. The first kappa shape index (κ1) is 77.1.